The fourth-order valence-corrected chi connectivity index (χ4v) is 2.92. The normalized spacial score (nSPS) is 10.5. The van der Waals surface area contributed by atoms with Crippen molar-refractivity contribution in [1.29, 1.82) is 0 Å². The molecule has 0 aliphatic carbocycles. The number of hydrogen-bond acceptors (Lipinski definition) is 3. The monoisotopic (exact) mass is 301 g/mol. The molecule has 2 aromatic rings. The summed E-state index contributed by atoms with van der Waals surface area (Å²) in [6.45, 7) is 2.88. The first-order chi connectivity index (χ1) is 10.2. The molecule has 0 saturated heterocycles. The third-order valence-corrected chi connectivity index (χ3v) is 4.34. The number of rotatable bonds is 8. The fourth-order valence-electron chi connectivity index (χ4n) is 1.93. The molecule has 0 unspecified atom stereocenters. The molecular weight excluding hydrogens is 278 g/mol. The molecule has 3 heteroatoms. The van der Waals surface area contributed by atoms with Crippen LogP contribution in [0.1, 0.15) is 24.0 Å². The SMILES string of the molecule is Cc1ccc(OCCCCSCc2ccc(N)cc2)cc1. The molecule has 0 radical (unpaired) electrons. The van der Waals surface area contributed by atoms with Gasteiger partial charge in [-0.25, -0.2) is 0 Å². The maximum Gasteiger partial charge on any atom is 0.119 e. The van der Waals surface area contributed by atoms with E-state index in [0.717, 1.165) is 30.2 Å². The minimum Gasteiger partial charge on any atom is -0.494 e. The van der Waals surface area contributed by atoms with Crippen molar-refractivity contribution in [2.75, 3.05) is 18.1 Å². The number of nitrogen functional groups attached to an aromatic ring is 1. The Kier molecular flexibility index (Phi) is 6.48. The van der Waals surface area contributed by atoms with Crippen LogP contribution < -0.4 is 10.5 Å². The van der Waals surface area contributed by atoms with E-state index in [1.54, 1.807) is 0 Å². The number of benzene rings is 2. The first-order valence-electron chi connectivity index (χ1n) is 7.36. The number of aryl methyl sites for hydroxylation is 1. The van der Waals surface area contributed by atoms with Crippen LogP contribution in [0.3, 0.4) is 0 Å². The summed E-state index contributed by atoms with van der Waals surface area (Å²) in [7, 11) is 0. The number of anilines is 1. The van der Waals surface area contributed by atoms with Crippen LogP contribution in [0.25, 0.3) is 0 Å². The van der Waals surface area contributed by atoms with Gasteiger partial charge in [-0.15, -0.1) is 0 Å². The fraction of sp³-hybridized carbons (Fsp3) is 0.333. The molecule has 2 nitrogen and oxygen atoms in total. The van der Waals surface area contributed by atoms with Gasteiger partial charge in [-0.3, -0.25) is 0 Å². The molecule has 0 aliphatic rings. The standard InChI is InChI=1S/C18H23NOS/c1-15-4-10-18(11-5-15)20-12-2-3-13-21-14-16-6-8-17(19)9-7-16/h4-11H,2-3,12-14,19H2,1H3. The van der Waals surface area contributed by atoms with Crippen LogP contribution in [0, 0.1) is 6.92 Å². The summed E-state index contributed by atoms with van der Waals surface area (Å²) in [6.07, 6.45) is 2.29. The van der Waals surface area contributed by atoms with Gasteiger partial charge in [-0.2, -0.15) is 11.8 Å². The quantitative estimate of drug-likeness (QED) is 0.568. The largest absolute Gasteiger partial charge is 0.494 e. The highest BCUT2D eigenvalue weighted by Crippen LogP contribution is 2.16. The number of nitrogens with two attached hydrogens (primary N) is 1. The van der Waals surface area contributed by atoms with Crippen molar-refractivity contribution in [1.82, 2.24) is 0 Å². The van der Waals surface area contributed by atoms with Crippen molar-refractivity contribution in [3.8, 4) is 5.75 Å². The van der Waals surface area contributed by atoms with E-state index in [1.807, 2.05) is 36.0 Å². The summed E-state index contributed by atoms with van der Waals surface area (Å²) in [4.78, 5) is 0. The lowest BCUT2D eigenvalue weighted by atomic mass is 10.2. The Morgan fingerprint density at radius 1 is 0.952 bits per heavy atom. The van der Waals surface area contributed by atoms with Crippen molar-refractivity contribution in [2.24, 2.45) is 0 Å². The van der Waals surface area contributed by atoms with E-state index in [0.29, 0.717) is 0 Å². The Morgan fingerprint density at radius 2 is 1.67 bits per heavy atom. The van der Waals surface area contributed by atoms with E-state index in [-0.39, 0.29) is 0 Å². The van der Waals surface area contributed by atoms with Gasteiger partial charge in [0.1, 0.15) is 5.75 Å². The van der Waals surface area contributed by atoms with Crippen molar-refractivity contribution in [2.45, 2.75) is 25.5 Å². The Morgan fingerprint density at radius 3 is 2.38 bits per heavy atom. The molecule has 2 rings (SSSR count). The van der Waals surface area contributed by atoms with Crippen molar-refractivity contribution in [3.05, 3.63) is 59.7 Å². The lowest BCUT2D eigenvalue weighted by molar-refractivity contribution is 0.310. The lowest BCUT2D eigenvalue weighted by Crippen LogP contribution is -1.98. The summed E-state index contributed by atoms with van der Waals surface area (Å²) >= 11 is 1.96. The summed E-state index contributed by atoms with van der Waals surface area (Å²) in [5.74, 6) is 3.19. The average molecular weight is 301 g/mol. The van der Waals surface area contributed by atoms with Gasteiger partial charge in [-0.1, -0.05) is 29.8 Å². The van der Waals surface area contributed by atoms with Gasteiger partial charge in [0.15, 0.2) is 0 Å². The molecule has 0 aromatic heterocycles. The molecular formula is C18H23NOS. The summed E-state index contributed by atoms with van der Waals surface area (Å²) < 4.78 is 5.72. The number of thioether (sulfide) groups is 1. The highest BCUT2D eigenvalue weighted by molar-refractivity contribution is 7.98. The smallest absolute Gasteiger partial charge is 0.119 e. The molecule has 2 aromatic carbocycles. The van der Waals surface area contributed by atoms with Gasteiger partial charge >= 0.3 is 0 Å². The van der Waals surface area contributed by atoms with Gasteiger partial charge in [0.25, 0.3) is 0 Å². The van der Waals surface area contributed by atoms with E-state index in [9.17, 15) is 0 Å². The van der Waals surface area contributed by atoms with Gasteiger partial charge in [0.2, 0.25) is 0 Å². The molecule has 0 atom stereocenters. The topological polar surface area (TPSA) is 35.2 Å². The minimum atomic E-state index is 0.797. The van der Waals surface area contributed by atoms with E-state index in [2.05, 4.69) is 31.2 Å². The van der Waals surface area contributed by atoms with Crippen LogP contribution in [0.4, 0.5) is 5.69 Å². The van der Waals surface area contributed by atoms with Crippen LogP contribution in [0.5, 0.6) is 5.75 Å². The number of unbranched alkanes of at least 4 members (excludes halogenated alkanes) is 1. The second-order valence-electron chi connectivity index (χ2n) is 5.16. The van der Waals surface area contributed by atoms with Gasteiger partial charge in [0, 0.05) is 11.4 Å². The maximum atomic E-state index is 5.72. The van der Waals surface area contributed by atoms with Crippen LogP contribution in [0.2, 0.25) is 0 Å². The van der Waals surface area contributed by atoms with Gasteiger partial charge in [-0.05, 0) is 55.3 Å². The molecule has 0 spiro atoms. The van der Waals surface area contributed by atoms with Crippen LogP contribution in [0.15, 0.2) is 48.5 Å². The second kappa shape index (κ2) is 8.63. The molecule has 2 N–H and O–H groups in total. The van der Waals surface area contributed by atoms with E-state index in [4.69, 9.17) is 10.5 Å². The highest BCUT2D eigenvalue weighted by Gasteiger charge is 1.96. The zero-order valence-electron chi connectivity index (χ0n) is 12.5. The second-order valence-corrected chi connectivity index (χ2v) is 6.27. The summed E-state index contributed by atoms with van der Waals surface area (Å²) in [6, 6.07) is 16.4. The molecule has 0 bridgehead atoms. The van der Waals surface area contributed by atoms with Crippen molar-refractivity contribution >= 4 is 17.4 Å². The molecule has 0 saturated carbocycles. The minimum absolute atomic E-state index is 0.797. The van der Waals surface area contributed by atoms with Crippen molar-refractivity contribution < 1.29 is 4.74 Å². The predicted molar refractivity (Wildman–Crippen MR) is 92.9 cm³/mol. The highest BCUT2D eigenvalue weighted by atomic mass is 32.2. The first kappa shape index (κ1) is 15.8. The Balaban J connectivity index is 1.52. The molecule has 112 valence electrons. The average Bonchev–Trinajstić information content (AvgIpc) is 2.50. The van der Waals surface area contributed by atoms with Gasteiger partial charge in [0.05, 0.1) is 6.61 Å². The zero-order valence-corrected chi connectivity index (χ0v) is 13.4. The predicted octanol–water partition coefficient (Wildman–Crippen LogP) is 4.67. The van der Waals surface area contributed by atoms with Gasteiger partial charge < -0.3 is 10.5 Å². The van der Waals surface area contributed by atoms with Crippen molar-refractivity contribution in [3.63, 3.8) is 0 Å². The van der Waals surface area contributed by atoms with E-state index in [1.165, 1.54) is 23.3 Å². The molecule has 0 aliphatic heterocycles. The van der Waals surface area contributed by atoms with Crippen LogP contribution in [-0.4, -0.2) is 12.4 Å². The molecule has 21 heavy (non-hydrogen) atoms. The third-order valence-electron chi connectivity index (χ3n) is 3.22. The molecule has 0 fully saturated rings. The Labute approximate surface area is 131 Å². The Bertz CT molecular complexity index is 472. The van der Waals surface area contributed by atoms with E-state index < -0.39 is 0 Å². The first-order valence-corrected chi connectivity index (χ1v) is 8.51. The number of hydrogen-bond donors (Lipinski definition) is 1. The molecule has 0 heterocycles. The van der Waals surface area contributed by atoms with Crippen LogP contribution in [-0.2, 0) is 5.75 Å². The third kappa shape index (κ3) is 6.13. The maximum absolute atomic E-state index is 5.72. The zero-order chi connectivity index (χ0) is 14.9. The summed E-state index contributed by atoms with van der Waals surface area (Å²) in [5.41, 5.74) is 9.11. The molecule has 0 amide bonds. The number of ether oxygens (including phenoxy) is 1. The lowest BCUT2D eigenvalue weighted by Gasteiger charge is -2.06. The summed E-state index contributed by atoms with van der Waals surface area (Å²) in [5, 5.41) is 0. The van der Waals surface area contributed by atoms with E-state index >= 15 is 0 Å². The Hall–Kier alpha value is -1.61. The van der Waals surface area contributed by atoms with Crippen LogP contribution >= 0.6 is 11.8 Å².